The Balaban J connectivity index is 1.97. The molecule has 4 heteroatoms. The summed E-state index contributed by atoms with van der Waals surface area (Å²) >= 11 is 0. The second-order valence-corrected chi connectivity index (χ2v) is 6.18. The Morgan fingerprint density at radius 3 is 2.56 bits per heavy atom. The first-order valence-corrected chi connectivity index (χ1v) is 7.15. The van der Waals surface area contributed by atoms with E-state index in [1.165, 1.54) is 25.7 Å². The summed E-state index contributed by atoms with van der Waals surface area (Å²) in [5, 5.41) is 4.13. The van der Waals surface area contributed by atoms with Crippen molar-refractivity contribution in [3.05, 3.63) is 11.7 Å². The summed E-state index contributed by atoms with van der Waals surface area (Å²) in [6, 6.07) is -0.117. The van der Waals surface area contributed by atoms with Gasteiger partial charge in [-0.1, -0.05) is 38.8 Å². The van der Waals surface area contributed by atoms with Gasteiger partial charge in [-0.25, -0.2) is 0 Å². The molecule has 0 amide bonds. The average molecular weight is 251 g/mol. The van der Waals surface area contributed by atoms with Crippen LogP contribution in [0.25, 0.3) is 0 Å². The van der Waals surface area contributed by atoms with E-state index < -0.39 is 0 Å². The monoisotopic (exact) mass is 251 g/mol. The van der Waals surface area contributed by atoms with Gasteiger partial charge < -0.3 is 10.3 Å². The molecule has 102 valence electrons. The van der Waals surface area contributed by atoms with Crippen LogP contribution in [-0.4, -0.2) is 10.1 Å². The lowest BCUT2D eigenvalue weighted by molar-refractivity contribution is 0.313. The Hall–Kier alpha value is -0.900. The molecule has 2 N–H and O–H groups in total. The van der Waals surface area contributed by atoms with Gasteiger partial charge in [-0.3, -0.25) is 0 Å². The van der Waals surface area contributed by atoms with Crippen molar-refractivity contribution in [3.8, 4) is 0 Å². The molecule has 1 saturated carbocycles. The maximum absolute atomic E-state index is 6.06. The Morgan fingerprint density at radius 1 is 1.28 bits per heavy atom. The van der Waals surface area contributed by atoms with Crippen molar-refractivity contribution in [3.63, 3.8) is 0 Å². The van der Waals surface area contributed by atoms with Gasteiger partial charge in [0.05, 0.1) is 6.04 Å². The van der Waals surface area contributed by atoms with Gasteiger partial charge in [0.2, 0.25) is 5.89 Å². The highest BCUT2D eigenvalue weighted by molar-refractivity contribution is 4.99. The Morgan fingerprint density at radius 2 is 1.94 bits per heavy atom. The molecule has 4 nitrogen and oxygen atoms in total. The van der Waals surface area contributed by atoms with Gasteiger partial charge in [-0.2, -0.15) is 4.98 Å². The second kappa shape index (κ2) is 5.83. The molecule has 0 bridgehead atoms. The average Bonchev–Trinajstić information content (AvgIpc) is 2.78. The molecule has 0 spiro atoms. The van der Waals surface area contributed by atoms with Crippen molar-refractivity contribution >= 4 is 0 Å². The highest BCUT2D eigenvalue weighted by Gasteiger charge is 2.25. The minimum Gasteiger partial charge on any atom is -0.338 e. The minimum atomic E-state index is -0.117. The van der Waals surface area contributed by atoms with Crippen molar-refractivity contribution in [1.29, 1.82) is 0 Å². The lowest BCUT2D eigenvalue weighted by Gasteiger charge is -2.23. The van der Waals surface area contributed by atoms with Gasteiger partial charge in [0.1, 0.15) is 0 Å². The number of hydrogen-bond donors (Lipinski definition) is 1. The number of aromatic nitrogens is 2. The van der Waals surface area contributed by atoms with Gasteiger partial charge in [-0.05, 0) is 31.1 Å². The number of rotatable bonds is 4. The summed E-state index contributed by atoms with van der Waals surface area (Å²) in [6.45, 7) is 6.62. The van der Waals surface area contributed by atoms with Crippen LogP contribution in [0.3, 0.4) is 0 Å². The molecule has 1 unspecified atom stereocenters. The van der Waals surface area contributed by atoms with Crippen LogP contribution in [-0.2, 0) is 0 Å². The van der Waals surface area contributed by atoms with E-state index in [9.17, 15) is 0 Å². The zero-order chi connectivity index (χ0) is 13.1. The van der Waals surface area contributed by atoms with E-state index in [1.807, 2.05) is 0 Å². The molecule has 0 aliphatic heterocycles. The van der Waals surface area contributed by atoms with E-state index in [2.05, 4.69) is 30.9 Å². The zero-order valence-corrected chi connectivity index (χ0v) is 11.7. The second-order valence-electron chi connectivity index (χ2n) is 6.18. The first kappa shape index (κ1) is 13.5. The maximum Gasteiger partial charge on any atom is 0.243 e. The van der Waals surface area contributed by atoms with Crippen LogP contribution >= 0.6 is 0 Å². The third-order valence-electron chi connectivity index (χ3n) is 3.88. The predicted molar refractivity (Wildman–Crippen MR) is 71.1 cm³/mol. The van der Waals surface area contributed by atoms with Crippen LogP contribution in [0.2, 0.25) is 0 Å². The summed E-state index contributed by atoms with van der Waals surface area (Å²) in [5.41, 5.74) is 6.06. The summed E-state index contributed by atoms with van der Waals surface area (Å²) in [5.74, 6) is 3.35. The van der Waals surface area contributed by atoms with E-state index >= 15 is 0 Å². The van der Waals surface area contributed by atoms with Crippen molar-refractivity contribution in [2.24, 2.45) is 17.6 Å². The smallest absolute Gasteiger partial charge is 0.243 e. The summed E-state index contributed by atoms with van der Waals surface area (Å²) in [6.07, 6.45) is 5.79. The fourth-order valence-electron chi connectivity index (χ4n) is 2.69. The van der Waals surface area contributed by atoms with Gasteiger partial charge in [0.25, 0.3) is 0 Å². The Bertz CT molecular complexity index is 367. The minimum absolute atomic E-state index is 0.117. The van der Waals surface area contributed by atoms with Crippen LogP contribution in [0.1, 0.15) is 76.6 Å². The van der Waals surface area contributed by atoms with Crippen molar-refractivity contribution < 1.29 is 4.52 Å². The molecular weight excluding hydrogens is 226 g/mol. The molecule has 1 aliphatic rings. The van der Waals surface area contributed by atoms with E-state index in [-0.39, 0.29) is 6.04 Å². The molecule has 2 rings (SSSR count). The van der Waals surface area contributed by atoms with Gasteiger partial charge >= 0.3 is 0 Å². The fourth-order valence-corrected chi connectivity index (χ4v) is 2.69. The molecule has 1 atom stereocenters. The molecule has 18 heavy (non-hydrogen) atoms. The molecule has 1 aromatic heterocycles. The lowest BCUT2D eigenvalue weighted by Crippen LogP contribution is -2.14. The molecule has 1 heterocycles. The SMILES string of the molecule is CC(C)CC(N)c1nc(C2CCC(C)CC2)no1. The van der Waals surface area contributed by atoms with E-state index in [4.69, 9.17) is 10.3 Å². The first-order chi connectivity index (χ1) is 8.56. The molecule has 0 radical (unpaired) electrons. The van der Waals surface area contributed by atoms with Gasteiger partial charge in [0.15, 0.2) is 5.82 Å². The third kappa shape index (κ3) is 3.31. The molecule has 1 aromatic rings. The maximum atomic E-state index is 6.06. The normalized spacial score (nSPS) is 26.5. The van der Waals surface area contributed by atoms with Crippen LogP contribution in [0.5, 0.6) is 0 Å². The molecule has 0 saturated heterocycles. The van der Waals surface area contributed by atoms with Gasteiger partial charge in [-0.15, -0.1) is 0 Å². The van der Waals surface area contributed by atoms with E-state index in [0.717, 1.165) is 18.2 Å². The third-order valence-corrected chi connectivity index (χ3v) is 3.88. The Labute approximate surface area is 109 Å². The first-order valence-electron chi connectivity index (χ1n) is 7.15. The van der Waals surface area contributed by atoms with Crippen molar-refractivity contribution in [2.75, 3.05) is 0 Å². The number of nitrogens with two attached hydrogens (primary N) is 1. The van der Waals surface area contributed by atoms with E-state index in [1.54, 1.807) is 0 Å². The molecule has 0 aromatic carbocycles. The summed E-state index contributed by atoms with van der Waals surface area (Å²) in [7, 11) is 0. The quantitative estimate of drug-likeness (QED) is 0.890. The van der Waals surface area contributed by atoms with Crippen LogP contribution in [0, 0.1) is 11.8 Å². The van der Waals surface area contributed by atoms with Crippen LogP contribution in [0.4, 0.5) is 0 Å². The summed E-state index contributed by atoms with van der Waals surface area (Å²) < 4.78 is 5.32. The number of hydrogen-bond acceptors (Lipinski definition) is 4. The standard InChI is InChI=1S/C14H25N3O/c1-9(2)8-12(15)14-16-13(17-18-14)11-6-4-10(3)5-7-11/h9-12H,4-8,15H2,1-3H3. The highest BCUT2D eigenvalue weighted by atomic mass is 16.5. The molecule has 1 fully saturated rings. The number of nitrogens with zero attached hydrogens (tertiary/aromatic N) is 2. The van der Waals surface area contributed by atoms with E-state index in [0.29, 0.717) is 17.7 Å². The van der Waals surface area contributed by atoms with Gasteiger partial charge in [0, 0.05) is 5.92 Å². The van der Waals surface area contributed by atoms with Crippen molar-refractivity contribution in [1.82, 2.24) is 10.1 Å². The Kier molecular flexibility index (Phi) is 4.38. The highest BCUT2D eigenvalue weighted by Crippen LogP contribution is 2.34. The molecular formula is C14H25N3O. The lowest BCUT2D eigenvalue weighted by atomic mass is 9.83. The van der Waals surface area contributed by atoms with Crippen molar-refractivity contribution in [2.45, 2.75) is 64.8 Å². The van der Waals surface area contributed by atoms with Crippen LogP contribution < -0.4 is 5.73 Å². The van der Waals surface area contributed by atoms with Crippen LogP contribution in [0.15, 0.2) is 4.52 Å². The topological polar surface area (TPSA) is 64.9 Å². The molecule has 1 aliphatic carbocycles. The predicted octanol–water partition coefficient (Wildman–Crippen LogP) is 3.41. The largest absolute Gasteiger partial charge is 0.338 e. The fraction of sp³-hybridized carbons (Fsp3) is 0.857. The zero-order valence-electron chi connectivity index (χ0n) is 11.7. The summed E-state index contributed by atoms with van der Waals surface area (Å²) in [4.78, 5) is 4.51.